The number of nitrogens with zero attached hydrogens (tertiary/aromatic N) is 1. The Hall–Kier alpha value is 0.220. The molecule has 0 spiro atoms. The van der Waals surface area contributed by atoms with Crippen molar-refractivity contribution >= 4 is 21.6 Å². The minimum absolute atomic E-state index is 0.138. The molecule has 1 aliphatic rings. The van der Waals surface area contributed by atoms with Gasteiger partial charge in [0.15, 0.2) is 9.84 Å². The van der Waals surface area contributed by atoms with Crippen molar-refractivity contribution < 1.29 is 8.42 Å². The van der Waals surface area contributed by atoms with Gasteiger partial charge in [-0.05, 0) is 24.8 Å². The monoisotopic (exact) mass is 336 g/mol. The van der Waals surface area contributed by atoms with E-state index in [1.807, 2.05) is 0 Å². The van der Waals surface area contributed by atoms with E-state index in [1.54, 1.807) is 18.7 Å². The molecule has 126 valence electrons. The lowest BCUT2D eigenvalue weighted by Crippen LogP contribution is -2.53. The Morgan fingerprint density at radius 2 is 2.05 bits per heavy atom. The number of thioether (sulfide) groups is 1. The van der Waals surface area contributed by atoms with Gasteiger partial charge in [-0.1, -0.05) is 27.7 Å². The highest BCUT2D eigenvalue weighted by Crippen LogP contribution is 2.28. The van der Waals surface area contributed by atoms with Gasteiger partial charge in [-0.15, -0.1) is 0 Å². The molecule has 4 nitrogen and oxygen atoms in total. The topological polar surface area (TPSA) is 49.4 Å². The molecule has 0 aromatic carbocycles. The van der Waals surface area contributed by atoms with Crippen molar-refractivity contribution in [1.82, 2.24) is 10.2 Å². The van der Waals surface area contributed by atoms with Crippen LogP contribution in [-0.2, 0) is 9.84 Å². The van der Waals surface area contributed by atoms with Gasteiger partial charge in [-0.25, -0.2) is 8.42 Å². The van der Waals surface area contributed by atoms with Gasteiger partial charge in [0.25, 0.3) is 0 Å². The molecule has 2 atom stereocenters. The van der Waals surface area contributed by atoms with E-state index in [0.717, 1.165) is 50.5 Å². The van der Waals surface area contributed by atoms with Crippen molar-refractivity contribution in [1.29, 1.82) is 0 Å². The van der Waals surface area contributed by atoms with Crippen molar-refractivity contribution in [3.05, 3.63) is 0 Å². The van der Waals surface area contributed by atoms with E-state index in [1.165, 1.54) is 0 Å². The summed E-state index contributed by atoms with van der Waals surface area (Å²) >= 11 is 1.77. The fourth-order valence-electron chi connectivity index (χ4n) is 2.67. The SMILES string of the molecule is CCCNCC(C)(CC)CN1CCSCC1S(=O)(=O)CC. The molecule has 21 heavy (non-hydrogen) atoms. The molecule has 1 heterocycles. The van der Waals surface area contributed by atoms with Crippen LogP contribution in [0.15, 0.2) is 0 Å². The van der Waals surface area contributed by atoms with Crippen molar-refractivity contribution in [3.8, 4) is 0 Å². The maximum absolute atomic E-state index is 12.3. The lowest BCUT2D eigenvalue weighted by atomic mass is 9.86. The van der Waals surface area contributed by atoms with Crippen LogP contribution in [0.5, 0.6) is 0 Å². The molecule has 0 aromatic heterocycles. The Labute approximate surface area is 135 Å². The van der Waals surface area contributed by atoms with Crippen LogP contribution in [0.3, 0.4) is 0 Å². The second kappa shape index (κ2) is 8.75. The first-order valence-electron chi connectivity index (χ1n) is 8.12. The Morgan fingerprint density at radius 3 is 2.62 bits per heavy atom. The second-order valence-corrected chi connectivity index (χ2v) is 9.89. The number of hydrogen-bond donors (Lipinski definition) is 1. The average Bonchev–Trinajstić information content (AvgIpc) is 2.48. The molecule has 1 saturated heterocycles. The summed E-state index contributed by atoms with van der Waals surface area (Å²) in [6.45, 7) is 12.1. The Kier molecular flexibility index (Phi) is 8.03. The number of hydrogen-bond acceptors (Lipinski definition) is 5. The van der Waals surface area contributed by atoms with Crippen molar-refractivity contribution in [2.45, 2.75) is 45.9 Å². The smallest absolute Gasteiger partial charge is 0.166 e. The molecule has 1 rings (SSSR count). The molecule has 1 N–H and O–H groups in total. The highest BCUT2D eigenvalue weighted by atomic mass is 32.2. The van der Waals surface area contributed by atoms with Gasteiger partial charge in [-0.2, -0.15) is 11.8 Å². The van der Waals surface area contributed by atoms with Crippen LogP contribution in [0.25, 0.3) is 0 Å². The molecule has 1 fully saturated rings. The molecule has 0 bridgehead atoms. The minimum atomic E-state index is -2.99. The average molecular weight is 337 g/mol. The van der Waals surface area contributed by atoms with E-state index in [9.17, 15) is 8.42 Å². The maximum Gasteiger partial charge on any atom is 0.166 e. The lowest BCUT2D eigenvalue weighted by Gasteiger charge is -2.41. The molecular weight excluding hydrogens is 304 g/mol. The van der Waals surface area contributed by atoms with Crippen LogP contribution < -0.4 is 5.32 Å². The van der Waals surface area contributed by atoms with Crippen LogP contribution in [-0.4, -0.2) is 62.1 Å². The third kappa shape index (κ3) is 5.73. The molecule has 0 aromatic rings. The zero-order chi connectivity index (χ0) is 15.9. The van der Waals surface area contributed by atoms with Gasteiger partial charge in [0.05, 0.1) is 0 Å². The normalized spacial score (nSPS) is 23.9. The largest absolute Gasteiger partial charge is 0.316 e. The van der Waals surface area contributed by atoms with Crippen molar-refractivity contribution in [2.75, 3.05) is 43.4 Å². The summed E-state index contributed by atoms with van der Waals surface area (Å²) in [7, 11) is -2.99. The van der Waals surface area contributed by atoms with Crippen molar-refractivity contribution in [2.24, 2.45) is 5.41 Å². The van der Waals surface area contributed by atoms with Crippen LogP contribution >= 0.6 is 11.8 Å². The van der Waals surface area contributed by atoms with Gasteiger partial charge in [0.2, 0.25) is 0 Å². The number of rotatable bonds is 9. The lowest BCUT2D eigenvalue weighted by molar-refractivity contribution is 0.152. The first-order chi connectivity index (χ1) is 9.88. The van der Waals surface area contributed by atoms with Gasteiger partial charge >= 0.3 is 0 Å². The molecule has 0 radical (unpaired) electrons. The summed E-state index contributed by atoms with van der Waals surface area (Å²) in [5.74, 6) is 2.00. The quantitative estimate of drug-likeness (QED) is 0.654. The predicted octanol–water partition coefficient (Wildman–Crippen LogP) is 2.21. The Balaban J connectivity index is 2.75. The zero-order valence-electron chi connectivity index (χ0n) is 14.0. The first kappa shape index (κ1) is 19.3. The standard InChI is InChI=1S/C15H32N2O2S2/c1-5-8-16-12-15(4,6-2)13-17-9-10-20-11-14(17)21(18,19)7-3/h14,16H,5-13H2,1-4H3. The predicted molar refractivity (Wildman–Crippen MR) is 93.7 cm³/mol. The summed E-state index contributed by atoms with van der Waals surface area (Å²) in [5.41, 5.74) is 0.138. The van der Waals surface area contributed by atoms with Gasteiger partial charge in [-0.3, -0.25) is 4.90 Å². The number of sulfone groups is 1. The summed E-state index contributed by atoms with van der Waals surface area (Å²) in [6.07, 6.45) is 2.19. The molecular formula is C15H32N2O2S2. The highest BCUT2D eigenvalue weighted by molar-refractivity contribution is 8.01. The fraction of sp³-hybridized carbons (Fsp3) is 1.00. The van der Waals surface area contributed by atoms with E-state index in [-0.39, 0.29) is 16.5 Å². The summed E-state index contributed by atoms with van der Waals surface area (Å²) in [4.78, 5) is 2.21. The maximum atomic E-state index is 12.3. The first-order valence-corrected chi connectivity index (χ1v) is 11.0. The van der Waals surface area contributed by atoms with Gasteiger partial charge in [0.1, 0.15) is 5.37 Å². The van der Waals surface area contributed by atoms with Crippen LogP contribution in [0.2, 0.25) is 0 Å². The van der Waals surface area contributed by atoms with E-state index in [0.29, 0.717) is 0 Å². The van der Waals surface area contributed by atoms with Crippen molar-refractivity contribution in [3.63, 3.8) is 0 Å². The number of nitrogens with one attached hydrogen (secondary N) is 1. The van der Waals surface area contributed by atoms with E-state index in [4.69, 9.17) is 0 Å². The fourth-order valence-corrected chi connectivity index (χ4v) is 5.75. The summed E-state index contributed by atoms with van der Waals surface area (Å²) in [6, 6.07) is 0. The molecule has 0 amide bonds. The molecule has 1 aliphatic heterocycles. The molecule has 0 aliphatic carbocycles. The third-order valence-electron chi connectivity index (χ3n) is 4.42. The Morgan fingerprint density at radius 1 is 1.33 bits per heavy atom. The molecule has 0 saturated carbocycles. The Bertz CT molecular complexity index is 400. The van der Waals surface area contributed by atoms with Gasteiger partial charge in [0, 0.05) is 36.9 Å². The van der Waals surface area contributed by atoms with E-state index >= 15 is 0 Å². The van der Waals surface area contributed by atoms with Gasteiger partial charge < -0.3 is 5.32 Å². The molecule has 2 unspecified atom stereocenters. The van der Waals surface area contributed by atoms with E-state index in [2.05, 4.69) is 31.0 Å². The third-order valence-corrected chi connectivity index (χ3v) is 7.76. The minimum Gasteiger partial charge on any atom is -0.316 e. The van der Waals surface area contributed by atoms with Crippen LogP contribution in [0, 0.1) is 5.41 Å². The molecule has 6 heteroatoms. The van der Waals surface area contributed by atoms with Crippen LogP contribution in [0.1, 0.15) is 40.5 Å². The summed E-state index contributed by atoms with van der Waals surface area (Å²) < 4.78 is 24.7. The second-order valence-electron chi connectivity index (χ2n) is 6.29. The highest BCUT2D eigenvalue weighted by Gasteiger charge is 2.36. The van der Waals surface area contributed by atoms with Crippen LogP contribution in [0.4, 0.5) is 0 Å². The van der Waals surface area contributed by atoms with E-state index < -0.39 is 9.84 Å². The summed E-state index contributed by atoms with van der Waals surface area (Å²) in [5, 5.41) is 3.21. The zero-order valence-corrected chi connectivity index (χ0v) is 15.7.